The van der Waals surface area contributed by atoms with Crippen molar-refractivity contribution in [1.29, 1.82) is 0 Å². The fourth-order valence-electron chi connectivity index (χ4n) is 3.66. The van der Waals surface area contributed by atoms with Crippen LogP contribution in [0.5, 0.6) is 0 Å². The molecular weight excluding hydrogens is 560 g/mol. The van der Waals surface area contributed by atoms with Crippen molar-refractivity contribution in [2.24, 2.45) is 0 Å². The summed E-state index contributed by atoms with van der Waals surface area (Å²) in [4.78, 5) is 0.0703. The molecule has 0 radical (unpaired) electrons. The lowest BCUT2D eigenvalue weighted by Crippen LogP contribution is -2.57. The maximum Gasteiger partial charge on any atom is 0.200 e. The Morgan fingerprint density at radius 2 is 1.58 bits per heavy atom. The van der Waals surface area contributed by atoms with Crippen LogP contribution in [-0.2, 0) is 15.5 Å². The second-order valence-electron chi connectivity index (χ2n) is 7.60. The Kier molecular flexibility index (Phi) is 7.67. The van der Waals surface area contributed by atoms with Crippen LogP contribution in [0.2, 0.25) is 10.0 Å². The van der Waals surface area contributed by atoms with Gasteiger partial charge in [-0.2, -0.15) is 0 Å². The Labute approximate surface area is 211 Å². The molecule has 0 bridgehead atoms. The summed E-state index contributed by atoms with van der Waals surface area (Å²) in [5, 5.41) is 38.3. The molecule has 3 N–H and O–H groups in total. The summed E-state index contributed by atoms with van der Waals surface area (Å²) in [5.74, 6) is -11.1. The molecule has 1 saturated heterocycles. The van der Waals surface area contributed by atoms with E-state index in [0.29, 0.717) is 10.9 Å². The van der Waals surface area contributed by atoms with Crippen molar-refractivity contribution in [1.82, 2.24) is 15.0 Å². The molecule has 6 unspecified atom stereocenters. The highest BCUT2D eigenvalue weighted by Gasteiger charge is 2.48. The molecule has 0 amide bonds. The van der Waals surface area contributed by atoms with Crippen molar-refractivity contribution in [3.63, 3.8) is 0 Å². The van der Waals surface area contributed by atoms with Gasteiger partial charge in [0.1, 0.15) is 30.0 Å². The molecule has 1 fully saturated rings. The highest BCUT2D eigenvalue weighted by atomic mass is 35.5. The lowest BCUT2D eigenvalue weighted by Gasteiger charge is -2.41. The third kappa shape index (κ3) is 4.51. The van der Waals surface area contributed by atoms with Gasteiger partial charge in [-0.3, -0.25) is 4.21 Å². The summed E-state index contributed by atoms with van der Waals surface area (Å²) in [5.41, 5.74) is -3.78. The first kappa shape index (κ1) is 26.9. The van der Waals surface area contributed by atoms with Crippen molar-refractivity contribution in [3.8, 4) is 11.3 Å². The van der Waals surface area contributed by atoms with E-state index in [1.807, 2.05) is 0 Å². The Balaban J connectivity index is 1.73. The van der Waals surface area contributed by atoms with Gasteiger partial charge in [0.05, 0.1) is 39.2 Å². The molecular formula is C20H14Cl2F5N3O5S. The van der Waals surface area contributed by atoms with E-state index >= 15 is 0 Å². The van der Waals surface area contributed by atoms with Crippen LogP contribution in [0.3, 0.4) is 0 Å². The Morgan fingerprint density at radius 3 is 2.17 bits per heavy atom. The van der Waals surface area contributed by atoms with E-state index in [-0.39, 0.29) is 14.9 Å². The van der Waals surface area contributed by atoms with Crippen molar-refractivity contribution >= 4 is 34.0 Å². The molecule has 1 aromatic heterocycles. The molecule has 16 heteroatoms. The summed E-state index contributed by atoms with van der Waals surface area (Å²) in [7, 11) is -2.16. The van der Waals surface area contributed by atoms with Crippen molar-refractivity contribution < 1.29 is 46.2 Å². The number of hydrogen-bond donors (Lipinski definition) is 3. The fourth-order valence-corrected chi connectivity index (χ4v) is 5.39. The summed E-state index contributed by atoms with van der Waals surface area (Å²) in [6.45, 7) is -0.807. The van der Waals surface area contributed by atoms with Crippen molar-refractivity contribution in [2.45, 2.75) is 34.7 Å². The Bertz CT molecular complexity index is 1320. The van der Waals surface area contributed by atoms with Crippen LogP contribution in [0.15, 0.2) is 29.3 Å². The molecule has 3 aromatic rings. The first-order chi connectivity index (χ1) is 17.0. The Morgan fingerprint density at radius 1 is 0.972 bits per heavy atom. The molecule has 1 aliphatic rings. The van der Waals surface area contributed by atoms with Gasteiger partial charge in [0.15, 0.2) is 28.7 Å². The molecule has 4 rings (SSSR count). The number of rotatable bonds is 5. The minimum Gasteiger partial charge on any atom is -0.394 e. The van der Waals surface area contributed by atoms with Crippen LogP contribution in [0.4, 0.5) is 22.0 Å². The van der Waals surface area contributed by atoms with Gasteiger partial charge in [0.25, 0.3) is 0 Å². The van der Waals surface area contributed by atoms with E-state index < -0.39 is 87.5 Å². The smallest absolute Gasteiger partial charge is 0.200 e. The predicted octanol–water partition coefficient (Wildman–Crippen LogP) is 2.74. The molecule has 0 spiro atoms. The third-order valence-corrected chi connectivity index (χ3v) is 7.73. The van der Waals surface area contributed by atoms with Crippen LogP contribution >= 0.6 is 23.2 Å². The van der Waals surface area contributed by atoms with E-state index in [2.05, 4.69) is 10.3 Å². The topological polar surface area (TPSA) is 118 Å². The quantitative estimate of drug-likeness (QED) is 0.244. The SMILES string of the molecule is O=S(c1ccc(Cl)c(Cl)c1)C1OC(CO)C(O)C(n2cc(-c3c(F)c(F)c(F)c(F)c3F)nn2)C1O. The highest BCUT2D eigenvalue weighted by Crippen LogP contribution is 2.36. The maximum atomic E-state index is 14.2. The minimum absolute atomic E-state index is 0.0480. The zero-order valence-electron chi connectivity index (χ0n) is 17.5. The average molecular weight is 574 g/mol. The van der Waals surface area contributed by atoms with Gasteiger partial charge in [0, 0.05) is 4.90 Å². The van der Waals surface area contributed by atoms with E-state index in [1.165, 1.54) is 18.2 Å². The lowest BCUT2D eigenvalue weighted by atomic mass is 9.97. The normalized spacial score (nSPS) is 25.2. The number of aliphatic hydroxyl groups is 3. The second-order valence-corrected chi connectivity index (χ2v) is 9.94. The van der Waals surface area contributed by atoms with Gasteiger partial charge < -0.3 is 20.1 Å². The maximum absolute atomic E-state index is 14.2. The predicted molar refractivity (Wildman–Crippen MR) is 115 cm³/mol. The second kappa shape index (κ2) is 10.3. The number of benzene rings is 2. The van der Waals surface area contributed by atoms with Gasteiger partial charge in [0.2, 0.25) is 5.82 Å². The molecule has 2 aromatic carbocycles. The molecule has 194 valence electrons. The third-order valence-electron chi connectivity index (χ3n) is 5.46. The highest BCUT2D eigenvalue weighted by molar-refractivity contribution is 7.85. The zero-order valence-corrected chi connectivity index (χ0v) is 19.8. The number of ether oxygens (including phenoxy) is 1. The van der Waals surface area contributed by atoms with Crippen LogP contribution in [-0.4, -0.2) is 64.9 Å². The number of halogens is 7. The number of nitrogens with zero attached hydrogens (tertiary/aromatic N) is 3. The molecule has 0 aliphatic carbocycles. The molecule has 36 heavy (non-hydrogen) atoms. The van der Waals surface area contributed by atoms with Gasteiger partial charge in [-0.1, -0.05) is 28.4 Å². The van der Waals surface area contributed by atoms with E-state index in [0.717, 1.165) is 0 Å². The van der Waals surface area contributed by atoms with Crippen molar-refractivity contribution in [3.05, 3.63) is 63.5 Å². The van der Waals surface area contributed by atoms with Crippen LogP contribution in [0.1, 0.15) is 6.04 Å². The first-order valence-corrected chi connectivity index (χ1v) is 11.9. The molecule has 8 nitrogen and oxygen atoms in total. The average Bonchev–Trinajstić information content (AvgIpc) is 3.32. The van der Waals surface area contributed by atoms with Gasteiger partial charge >= 0.3 is 0 Å². The summed E-state index contributed by atoms with van der Waals surface area (Å²) in [6.07, 6.45) is -4.26. The van der Waals surface area contributed by atoms with E-state index in [1.54, 1.807) is 0 Å². The summed E-state index contributed by atoms with van der Waals surface area (Å²) in [6, 6.07) is 2.36. The molecule has 2 heterocycles. The van der Waals surface area contributed by atoms with E-state index in [9.17, 15) is 41.5 Å². The van der Waals surface area contributed by atoms with Crippen molar-refractivity contribution in [2.75, 3.05) is 6.61 Å². The molecule has 1 aliphatic heterocycles. The van der Waals surface area contributed by atoms with Gasteiger partial charge in [-0.05, 0) is 18.2 Å². The monoisotopic (exact) mass is 573 g/mol. The van der Waals surface area contributed by atoms with Gasteiger partial charge in [-0.15, -0.1) is 5.10 Å². The molecule has 0 saturated carbocycles. The van der Waals surface area contributed by atoms with Crippen LogP contribution < -0.4 is 0 Å². The number of aromatic nitrogens is 3. The Hall–Kier alpha value is -2.20. The van der Waals surface area contributed by atoms with E-state index in [4.69, 9.17) is 27.9 Å². The van der Waals surface area contributed by atoms with Crippen LogP contribution in [0, 0.1) is 29.1 Å². The number of hydrogen-bond acceptors (Lipinski definition) is 7. The lowest BCUT2D eigenvalue weighted by molar-refractivity contribution is -0.179. The number of aliphatic hydroxyl groups excluding tert-OH is 3. The molecule has 6 atom stereocenters. The first-order valence-electron chi connectivity index (χ1n) is 9.89. The largest absolute Gasteiger partial charge is 0.394 e. The summed E-state index contributed by atoms with van der Waals surface area (Å²) < 4.78 is 88.3. The fraction of sp³-hybridized carbons (Fsp3) is 0.300. The van der Waals surface area contributed by atoms with Crippen LogP contribution in [0.25, 0.3) is 11.3 Å². The minimum atomic E-state index is -2.37. The standard InChI is InChI=1S/C20H14Cl2F5N3O5S/c21-7-2-1-6(3-8(7)22)36(34)20-19(33)17(18(32)10(5-31)35-20)30-4-9(28-29-30)11-12(23)14(25)16(27)15(26)13(11)24/h1-4,10,17-20,31-33H,5H2. The summed E-state index contributed by atoms with van der Waals surface area (Å²) >= 11 is 11.8. The zero-order chi connectivity index (χ0) is 26.5. The van der Waals surface area contributed by atoms with Gasteiger partial charge in [-0.25, -0.2) is 26.6 Å².